The molecule has 6 heteroatoms. The largest absolute Gasteiger partial charge is 0.507 e. The highest BCUT2D eigenvalue weighted by molar-refractivity contribution is 5.93. The quantitative estimate of drug-likeness (QED) is 0.319. The molecule has 0 atom stereocenters. The number of esters is 1. The van der Waals surface area contributed by atoms with Crippen LogP contribution >= 0.6 is 0 Å². The fourth-order valence-corrected chi connectivity index (χ4v) is 1.40. The monoisotopic (exact) mass is 269 g/mol. The molecule has 0 aliphatic carbocycles. The molecule has 0 aliphatic heterocycles. The number of ether oxygens (including phenoxy) is 3. The van der Waals surface area contributed by atoms with Gasteiger partial charge in [0.1, 0.15) is 17.9 Å². The molecular weight excluding hydrogens is 250 g/mol. The Hall–Kier alpha value is -1.79. The van der Waals surface area contributed by atoms with Gasteiger partial charge in [0.05, 0.1) is 6.61 Å². The smallest absolute Gasteiger partial charge is 0.342 e. The molecule has 0 saturated carbocycles. The van der Waals surface area contributed by atoms with Gasteiger partial charge in [-0.1, -0.05) is 0 Å². The number of nitrogen functional groups attached to an aromatic ring is 1. The Morgan fingerprint density at radius 1 is 1.26 bits per heavy atom. The van der Waals surface area contributed by atoms with E-state index in [2.05, 4.69) is 0 Å². The number of aromatic hydroxyl groups is 1. The van der Waals surface area contributed by atoms with E-state index >= 15 is 0 Å². The zero-order valence-corrected chi connectivity index (χ0v) is 10.9. The Morgan fingerprint density at radius 3 is 2.79 bits per heavy atom. The van der Waals surface area contributed by atoms with Crippen molar-refractivity contribution >= 4 is 11.7 Å². The van der Waals surface area contributed by atoms with Gasteiger partial charge < -0.3 is 25.1 Å². The van der Waals surface area contributed by atoms with Crippen LogP contribution in [0.5, 0.6) is 5.75 Å². The fraction of sp³-hybridized carbons (Fsp3) is 0.462. The van der Waals surface area contributed by atoms with Crippen molar-refractivity contribution in [3.63, 3.8) is 0 Å². The van der Waals surface area contributed by atoms with Crippen molar-refractivity contribution in [3.8, 4) is 5.75 Å². The third kappa shape index (κ3) is 5.58. The van der Waals surface area contributed by atoms with Crippen molar-refractivity contribution in [2.24, 2.45) is 0 Å². The Balaban J connectivity index is 2.26. The molecule has 1 aromatic carbocycles. The maximum atomic E-state index is 11.6. The van der Waals surface area contributed by atoms with Crippen molar-refractivity contribution in [3.05, 3.63) is 23.8 Å². The number of benzene rings is 1. The summed E-state index contributed by atoms with van der Waals surface area (Å²) in [5, 5.41) is 9.50. The van der Waals surface area contributed by atoms with Crippen LogP contribution in [0.1, 0.15) is 16.8 Å². The molecule has 19 heavy (non-hydrogen) atoms. The van der Waals surface area contributed by atoms with Crippen LogP contribution < -0.4 is 5.73 Å². The van der Waals surface area contributed by atoms with E-state index in [0.29, 0.717) is 25.5 Å². The van der Waals surface area contributed by atoms with Crippen LogP contribution in [0.3, 0.4) is 0 Å². The highest BCUT2D eigenvalue weighted by Gasteiger charge is 2.12. The SMILES string of the molecule is COCCCOCCOC(=O)c1cc(N)ccc1O. The molecule has 1 aromatic rings. The van der Waals surface area contributed by atoms with Crippen molar-refractivity contribution in [1.29, 1.82) is 0 Å². The lowest BCUT2D eigenvalue weighted by molar-refractivity contribution is 0.0285. The number of phenols is 1. The summed E-state index contributed by atoms with van der Waals surface area (Å²) in [6, 6.07) is 4.23. The first kappa shape index (κ1) is 15.3. The lowest BCUT2D eigenvalue weighted by Crippen LogP contribution is -2.12. The summed E-state index contributed by atoms with van der Waals surface area (Å²) in [5.41, 5.74) is 5.98. The number of phenolic OH excluding ortho intramolecular Hbond substituents is 1. The van der Waals surface area contributed by atoms with Gasteiger partial charge in [0.2, 0.25) is 0 Å². The topological polar surface area (TPSA) is 91.0 Å². The lowest BCUT2D eigenvalue weighted by Gasteiger charge is -2.07. The summed E-state index contributed by atoms with van der Waals surface area (Å²) in [5.74, 6) is -0.773. The predicted octanol–water partition coefficient (Wildman–Crippen LogP) is 1.18. The number of rotatable bonds is 8. The molecule has 1 rings (SSSR count). The number of anilines is 1. The molecule has 0 amide bonds. The van der Waals surface area contributed by atoms with E-state index in [4.69, 9.17) is 19.9 Å². The molecule has 106 valence electrons. The number of hydrogen-bond acceptors (Lipinski definition) is 6. The molecule has 6 nitrogen and oxygen atoms in total. The normalized spacial score (nSPS) is 10.4. The van der Waals surface area contributed by atoms with Gasteiger partial charge in [-0.15, -0.1) is 0 Å². The van der Waals surface area contributed by atoms with Crippen LogP contribution in [0.25, 0.3) is 0 Å². The molecule has 0 fully saturated rings. The van der Waals surface area contributed by atoms with Gasteiger partial charge in [-0.3, -0.25) is 0 Å². The van der Waals surface area contributed by atoms with Crippen LogP contribution in [-0.4, -0.2) is 44.6 Å². The van der Waals surface area contributed by atoms with Crippen LogP contribution in [0.4, 0.5) is 5.69 Å². The first-order valence-electron chi connectivity index (χ1n) is 5.97. The summed E-state index contributed by atoms with van der Waals surface area (Å²) in [6.45, 7) is 1.62. The van der Waals surface area contributed by atoms with E-state index < -0.39 is 5.97 Å². The van der Waals surface area contributed by atoms with E-state index in [9.17, 15) is 9.90 Å². The van der Waals surface area contributed by atoms with E-state index in [0.717, 1.165) is 6.42 Å². The maximum Gasteiger partial charge on any atom is 0.342 e. The van der Waals surface area contributed by atoms with Crippen LogP contribution in [-0.2, 0) is 14.2 Å². The Morgan fingerprint density at radius 2 is 2.05 bits per heavy atom. The Bertz CT molecular complexity index is 408. The summed E-state index contributed by atoms with van der Waals surface area (Å²) in [6.07, 6.45) is 0.792. The molecule has 0 bridgehead atoms. The first-order valence-corrected chi connectivity index (χ1v) is 5.97. The average molecular weight is 269 g/mol. The summed E-state index contributed by atoms with van der Waals surface area (Å²) in [4.78, 5) is 11.6. The Labute approximate surface area is 112 Å². The molecule has 3 N–H and O–H groups in total. The summed E-state index contributed by atoms with van der Waals surface area (Å²) < 4.78 is 15.1. The highest BCUT2D eigenvalue weighted by atomic mass is 16.6. The van der Waals surface area contributed by atoms with Crippen LogP contribution in [0.15, 0.2) is 18.2 Å². The molecule has 0 saturated heterocycles. The van der Waals surface area contributed by atoms with E-state index in [-0.39, 0.29) is 17.9 Å². The second-order valence-electron chi connectivity index (χ2n) is 3.87. The first-order chi connectivity index (χ1) is 9.15. The van der Waals surface area contributed by atoms with E-state index in [1.54, 1.807) is 7.11 Å². The maximum absolute atomic E-state index is 11.6. The van der Waals surface area contributed by atoms with E-state index in [1.807, 2.05) is 0 Å². The van der Waals surface area contributed by atoms with Gasteiger partial charge in [-0.05, 0) is 24.6 Å². The van der Waals surface area contributed by atoms with Gasteiger partial charge >= 0.3 is 5.97 Å². The summed E-state index contributed by atoms with van der Waals surface area (Å²) in [7, 11) is 1.62. The molecule has 0 unspecified atom stereocenters. The molecule has 0 heterocycles. The number of hydrogen-bond donors (Lipinski definition) is 2. The zero-order chi connectivity index (χ0) is 14.1. The predicted molar refractivity (Wildman–Crippen MR) is 70.1 cm³/mol. The molecule has 0 radical (unpaired) electrons. The second kappa shape index (κ2) is 8.34. The van der Waals surface area contributed by atoms with Crippen molar-refractivity contribution < 1.29 is 24.1 Å². The van der Waals surface area contributed by atoms with Crippen LogP contribution in [0.2, 0.25) is 0 Å². The third-order valence-electron chi connectivity index (χ3n) is 2.34. The number of carbonyl (C=O) groups excluding carboxylic acids is 1. The third-order valence-corrected chi connectivity index (χ3v) is 2.34. The van der Waals surface area contributed by atoms with E-state index in [1.165, 1.54) is 18.2 Å². The van der Waals surface area contributed by atoms with Gasteiger partial charge in [0.15, 0.2) is 0 Å². The number of nitrogens with two attached hydrogens (primary N) is 1. The molecule has 0 spiro atoms. The molecule has 0 aliphatic rings. The second-order valence-corrected chi connectivity index (χ2v) is 3.87. The van der Waals surface area contributed by atoms with Gasteiger partial charge in [0, 0.05) is 26.0 Å². The van der Waals surface area contributed by atoms with Crippen molar-refractivity contribution in [2.45, 2.75) is 6.42 Å². The minimum atomic E-state index is -0.620. The van der Waals surface area contributed by atoms with Crippen molar-refractivity contribution in [1.82, 2.24) is 0 Å². The standard InChI is InChI=1S/C13H19NO5/c1-17-5-2-6-18-7-8-19-13(16)11-9-10(14)3-4-12(11)15/h3-4,9,15H,2,5-8,14H2,1H3. The lowest BCUT2D eigenvalue weighted by atomic mass is 10.2. The van der Waals surface area contributed by atoms with Crippen LogP contribution in [0, 0.1) is 0 Å². The number of methoxy groups -OCH3 is 1. The average Bonchev–Trinajstić information content (AvgIpc) is 2.40. The minimum absolute atomic E-state index is 0.0550. The van der Waals surface area contributed by atoms with Gasteiger partial charge in [0.25, 0.3) is 0 Å². The Kier molecular flexibility index (Phi) is 6.70. The summed E-state index contributed by atoms with van der Waals surface area (Å²) >= 11 is 0. The van der Waals surface area contributed by atoms with Gasteiger partial charge in [-0.2, -0.15) is 0 Å². The molecule has 0 aromatic heterocycles. The highest BCUT2D eigenvalue weighted by Crippen LogP contribution is 2.20. The van der Waals surface area contributed by atoms with Crippen molar-refractivity contribution in [2.75, 3.05) is 39.3 Å². The fourth-order valence-electron chi connectivity index (χ4n) is 1.40. The molecular formula is C13H19NO5. The number of carbonyl (C=O) groups is 1. The van der Waals surface area contributed by atoms with Gasteiger partial charge in [-0.25, -0.2) is 4.79 Å². The zero-order valence-electron chi connectivity index (χ0n) is 10.9. The minimum Gasteiger partial charge on any atom is -0.507 e.